The number of anilines is 1. The quantitative estimate of drug-likeness (QED) is 0.539. The molecule has 30 heavy (non-hydrogen) atoms. The third kappa shape index (κ3) is 5.84. The molecular formula is C23H24N2O4S. The molecule has 0 fully saturated rings. The van der Waals surface area contributed by atoms with Gasteiger partial charge in [0.2, 0.25) is 0 Å². The van der Waals surface area contributed by atoms with Crippen LogP contribution in [0, 0.1) is 0 Å². The second-order valence-corrected chi connectivity index (χ2v) is 8.37. The molecule has 0 bridgehead atoms. The fraction of sp³-hybridized carbons (Fsp3) is 0.174. The van der Waals surface area contributed by atoms with Crippen LogP contribution in [0.4, 0.5) is 5.69 Å². The Bertz CT molecular complexity index is 1080. The first-order valence-corrected chi connectivity index (χ1v) is 11.1. The van der Waals surface area contributed by atoms with Gasteiger partial charge >= 0.3 is 0 Å². The summed E-state index contributed by atoms with van der Waals surface area (Å²) in [5, 5.41) is 2.74. The molecule has 3 rings (SSSR count). The number of nitrogens with one attached hydrogen (secondary N) is 2. The van der Waals surface area contributed by atoms with Gasteiger partial charge in [0.15, 0.2) is 0 Å². The zero-order valence-electron chi connectivity index (χ0n) is 16.7. The van der Waals surface area contributed by atoms with E-state index in [-0.39, 0.29) is 10.8 Å². The summed E-state index contributed by atoms with van der Waals surface area (Å²) in [6.45, 7) is 2.91. The van der Waals surface area contributed by atoms with Crippen LogP contribution in [-0.2, 0) is 16.6 Å². The molecule has 0 spiro atoms. The van der Waals surface area contributed by atoms with Gasteiger partial charge < -0.3 is 10.1 Å². The van der Waals surface area contributed by atoms with Crippen molar-refractivity contribution in [2.45, 2.75) is 24.8 Å². The maximum atomic E-state index is 12.7. The summed E-state index contributed by atoms with van der Waals surface area (Å²) in [4.78, 5) is 12.1. The Labute approximate surface area is 177 Å². The maximum Gasteiger partial charge on any atom is 0.261 e. The van der Waals surface area contributed by atoms with Crippen molar-refractivity contribution in [1.29, 1.82) is 0 Å². The Kier molecular flexibility index (Phi) is 7.08. The molecule has 156 valence electrons. The number of rotatable bonds is 9. The van der Waals surface area contributed by atoms with Crippen molar-refractivity contribution >= 4 is 21.6 Å². The van der Waals surface area contributed by atoms with Gasteiger partial charge in [0.1, 0.15) is 12.4 Å². The molecule has 0 heterocycles. The van der Waals surface area contributed by atoms with Crippen LogP contribution < -0.4 is 14.8 Å². The first-order valence-electron chi connectivity index (χ1n) is 9.66. The van der Waals surface area contributed by atoms with Gasteiger partial charge in [0, 0.05) is 17.8 Å². The summed E-state index contributed by atoms with van der Waals surface area (Å²) < 4.78 is 33.7. The third-order valence-corrected chi connectivity index (χ3v) is 5.68. The lowest BCUT2D eigenvalue weighted by Gasteiger charge is -2.11. The Morgan fingerprint density at radius 1 is 0.933 bits per heavy atom. The van der Waals surface area contributed by atoms with Gasteiger partial charge in [-0.15, -0.1) is 0 Å². The van der Waals surface area contributed by atoms with E-state index in [1.54, 1.807) is 36.4 Å². The predicted molar refractivity (Wildman–Crippen MR) is 117 cm³/mol. The highest BCUT2D eigenvalue weighted by Crippen LogP contribution is 2.21. The van der Waals surface area contributed by atoms with Crippen LogP contribution in [0.15, 0.2) is 83.8 Å². The van der Waals surface area contributed by atoms with Crippen LogP contribution >= 0.6 is 0 Å². The van der Waals surface area contributed by atoms with Crippen LogP contribution in [0.25, 0.3) is 0 Å². The van der Waals surface area contributed by atoms with Gasteiger partial charge in [-0.1, -0.05) is 43.3 Å². The first kappa shape index (κ1) is 21.4. The number of carbonyl (C=O) groups is 1. The van der Waals surface area contributed by atoms with E-state index in [9.17, 15) is 13.2 Å². The monoisotopic (exact) mass is 424 g/mol. The lowest BCUT2D eigenvalue weighted by Crippen LogP contribution is -2.24. The van der Waals surface area contributed by atoms with Crippen LogP contribution in [-0.4, -0.2) is 20.9 Å². The Morgan fingerprint density at radius 2 is 1.67 bits per heavy atom. The van der Waals surface area contributed by atoms with E-state index in [0.29, 0.717) is 30.2 Å². The second kappa shape index (κ2) is 9.93. The second-order valence-electron chi connectivity index (χ2n) is 6.69. The molecule has 0 aliphatic rings. The minimum atomic E-state index is -3.83. The van der Waals surface area contributed by atoms with Crippen molar-refractivity contribution in [2.75, 3.05) is 11.3 Å². The van der Waals surface area contributed by atoms with Gasteiger partial charge in [-0.25, -0.2) is 8.42 Å². The third-order valence-electron chi connectivity index (χ3n) is 4.30. The largest absolute Gasteiger partial charge is 0.489 e. The average molecular weight is 425 g/mol. The topological polar surface area (TPSA) is 84.5 Å². The van der Waals surface area contributed by atoms with Gasteiger partial charge in [-0.2, -0.15) is 0 Å². The number of amides is 1. The Morgan fingerprint density at radius 3 is 2.37 bits per heavy atom. The molecule has 6 nitrogen and oxygen atoms in total. The summed E-state index contributed by atoms with van der Waals surface area (Å²) in [7, 11) is -3.83. The molecule has 0 saturated heterocycles. The summed E-state index contributed by atoms with van der Waals surface area (Å²) in [5.41, 5.74) is 1.75. The van der Waals surface area contributed by atoms with Crippen molar-refractivity contribution in [3.05, 3.63) is 90.0 Å². The molecule has 7 heteroatoms. The predicted octanol–water partition coefficient (Wildman–Crippen LogP) is 4.21. The van der Waals surface area contributed by atoms with E-state index in [0.717, 1.165) is 12.0 Å². The van der Waals surface area contributed by atoms with Crippen molar-refractivity contribution in [1.82, 2.24) is 5.32 Å². The summed E-state index contributed by atoms with van der Waals surface area (Å²) >= 11 is 0. The summed E-state index contributed by atoms with van der Waals surface area (Å²) in [5.74, 6) is 0.338. The fourth-order valence-electron chi connectivity index (χ4n) is 2.72. The van der Waals surface area contributed by atoms with Crippen molar-refractivity contribution < 1.29 is 17.9 Å². The summed E-state index contributed by atoms with van der Waals surface area (Å²) in [6, 6.07) is 22.4. The zero-order chi connectivity index (χ0) is 21.4. The Balaban J connectivity index is 1.65. The number of sulfonamides is 1. The smallest absolute Gasteiger partial charge is 0.261 e. The van der Waals surface area contributed by atoms with E-state index in [1.165, 1.54) is 12.1 Å². The lowest BCUT2D eigenvalue weighted by atomic mass is 10.2. The van der Waals surface area contributed by atoms with Gasteiger partial charge in [0.05, 0.1) is 4.90 Å². The number of hydrogen-bond acceptors (Lipinski definition) is 4. The van der Waals surface area contributed by atoms with Crippen LogP contribution in [0.1, 0.15) is 29.3 Å². The average Bonchev–Trinajstić information content (AvgIpc) is 2.77. The number of hydrogen-bond donors (Lipinski definition) is 2. The lowest BCUT2D eigenvalue weighted by molar-refractivity contribution is 0.0953. The molecule has 0 aromatic heterocycles. The van der Waals surface area contributed by atoms with Gasteiger partial charge in [-0.3, -0.25) is 9.52 Å². The number of benzene rings is 3. The van der Waals surface area contributed by atoms with Crippen molar-refractivity contribution in [3.63, 3.8) is 0 Å². The molecule has 2 N–H and O–H groups in total. The molecular weight excluding hydrogens is 400 g/mol. The SMILES string of the molecule is CCCNC(=O)c1cccc(S(=O)(=O)Nc2ccc(OCc3ccccc3)cc2)c1. The highest BCUT2D eigenvalue weighted by molar-refractivity contribution is 7.92. The molecule has 3 aromatic rings. The van der Waals surface area contributed by atoms with Crippen LogP contribution in [0.5, 0.6) is 5.75 Å². The highest BCUT2D eigenvalue weighted by Gasteiger charge is 2.16. The van der Waals surface area contributed by atoms with E-state index in [1.807, 2.05) is 37.3 Å². The molecule has 0 unspecified atom stereocenters. The Hall–Kier alpha value is -3.32. The van der Waals surface area contributed by atoms with Crippen molar-refractivity contribution in [3.8, 4) is 5.75 Å². The molecule has 1 amide bonds. The number of ether oxygens (including phenoxy) is 1. The number of carbonyl (C=O) groups excluding carboxylic acids is 1. The normalized spacial score (nSPS) is 11.0. The minimum absolute atomic E-state index is 0.0241. The highest BCUT2D eigenvalue weighted by atomic mass is 32.2. The molecule has 0 saturated carbocycles. The first-order chi connectivity index (χ1) is 14.5. The van der Waals surface area contributed by atoms with Crippen molar-refractivity contribution in [2.24, 2.45) is 0 Å². The zero-order valence-corrected chi connectivity index (χ0v) is 17.5. The van der Waals surface area contributed by atoms with Crippen LogP contribution in [0.2, 0.25) is 0 Å². The van der Waals surface area contributed by atoms with Crippen LogP contribution in [0.3, 0.4) is 0 Å². The van der Waals surface area contributed by atoms with E-state index >= 15 is 0 Å². The van der Waals surface area contributed by atoms with Gasteiger partial charge in [-0.05, 0) is 54.4 Å². The maximum absolute atomic E-state index is 12.7. The summed E-state index contributed by atoms with van der Waals surface area (Å²) in [6.07, 6.45) is 0.802. The van der Waals surface area contributed by atoms with E-state index in [2.05, 4.69) is 10.0 Å². The standard InChI is InChI=1S/C23H24N2O4S/c1-2-15-24-23(26)19-9-6-10-22(16-19)30(27,28)25-20-11-13-21(14-12-20)29-17-18-7-4-3-5-8-18/h3-14,16,25H,2,15,17H2,1H3,(H,24,26). The molecule has 0 aliphatic carbocycles. The van der Waals surface area contributed by atoms with Gasteiger partial charge in [0.25, 0.3) is 15.9 Å². The molecule has 0 atom stereocenters. The fourth-order valence-corrected chi connectivity index (χ4v) is 3.82. The molecule has 3 aromatic carbocycles. The van der Waals surface area contributed by atoms with E-state index < -0.39 is 10.0 Å². The molecule has 0 radical (unpaired) electrons. The minimum Gasteiger partial charge on any atom is -0.489 e. The van der Waals surface area contributed by atoms with E-state index in [4.69, 9.17) is 4.74 Å². The molecule has 0 aliphatic heterocycles.